The van der Waals surface area contributed by atoms with E-state index >= 15 is 0 Å². The Labute approximate surface area is 363 Å². The van der Waals surface area contributed by atoms with Crippen LogP contribution in [0.5, 0.6) is 0 Å². The van der Waals surface area contributed by atoms with E-state index in [9.17, 15) is 11.1 Å². The molecule has 0 bridgehead atoms. The first-order valence-electron chi connectivity index (χ1n) is 21.7. The molecule has 0 fully saturated rings. The Kier molecular flexibility index (Phi) is 14.0. The normalized spacial score (nSPS) is 14.8. The highest BCUT2D eigenvalue weighted by Gasteiger charge is 2.51. The Bertz CT molecular complexity index is 1730. The molecule has 3 rings (SSSR count). The van der Waals surface area contributed by atoms with E-state index in [4.69, 9.17) is 0 Å². The van der Waals surface area contributed by atoms with Crippen molar-refractivity contribution in [1.29, 1.82) is 0 Å². The van der Waals surface area contributed by atoms with Crippen LogP contribution in [-0.2, 0) is 0 Å². The molecule has 0 N–H and O–H groups in total. The second kappa shape index (κ2) is 15.5. The Balaban J connectivity index is 3.12. The van der Waals surface area contributed by atoms with Gasteiger partial charge in [0.2, 0.25) is 7.38 Å². The van der Waals surface area contributed by atoms with Crippen LogP contribution in [0.1, 0.15) is 0 Å². The molecule has 0 nitrogen and oxygen atoms in total. The van der Waals surface area contributed by atoms with Crippen LogP contribution in [0.25, 0.3) is 0 Å². The van der Waals surface area contributed by atoms with Crippen molar-refractivity contribution in [3.05, 3.63) is 36.4 Å². The summed E-state index contributed by atoms with van der Waals surface area (Å²) in [6, 6.07) is 16.0. The van der Waals surface area contributed by atoms with Crippen LogP contribution in [-0.4, -0.2) is 80.0 Å². The first-order chi connectivity index (χ1) is 24.4. The van der Waals surface area contributed by atoms with Crippen molar-refractivity contribution < 1.29 is 0 Å². The van der Waals surface area contributed by atoms with Crippen LogP contribution >= 0.6 is 11.1 Å². The summed E-state index contributed by atoms with van der Waals surface area (Å²) in [5.74, 6) is 0. The van der Waals surface area contributed by atoms with Crippen LogP contribution in [0.4, 0.5) is 0 Å². The van der Waals surface area contributed by atoms with Gasteiger partial charge in [-0.3, -0.25) is 0 Å². The van der Waals surface area contributed by atoms with E-state index in [0.29, 0.717) is 0 Å². The Morgan fingerprint density at radius 2 is 0.339 bits per heavy atom. The standard InChI is InChI=1S/C45H87ClSi10/c1-47(2,3)34-28-31-37(43(53(19,20)21)40(34)50(10,11)12)56(46,38-32-29-35(48(4,5)6)41(51(13,14)15)44(38)54(22,23)24)39-33-30-36(49(7,8)9)42(52(16,17)18)45(39)55(25,26)27/h28-33H,1-27H3. The number of halogens is 1. The minimum absolute atomic E-state index is 1.57. The maximum absolute atomic E-state index is 9.50. The molecule has 0 spiro atoms. The smallest absolute Gasteiger partial charge is 0.149 e. The predicted molar refractivity (Wildman–Crippen MR) is 297 cm³/mol. The van der Waals surface area contributed by atoms with Gasteiger partial charge in [-0.05, 0) is 15.6 Å². The third-order valence-electron chi connectivity index (χ3n) is 11.7. The second-order valence-electron chi connectivity index (χ2n) is 26.6. The molecule has 0 unspecified atom stereocenters. The van der Waals surface area contributed by atoms with E-state index in [-0.39, 0.29) is 0 Å². The lowest BCUT2D eigenvalue weighted by molar-refractivity contribution is 1.65. The van der Waals surface area contributed by atoms with Gasteiger partial charge < -0.3 is 0 Å². The zero-order chi connectivity index (χ0) is 44.2. The van der Waals surface area contributed by atoms with Crippen molar-refractivity contribution in [2.45, 2.75) is 177 Å². The molecule has 0 radical (unpaired) electrons. The van der Waals surface area contributed by atoms with Crippen LogP contribution in [0.2, 0.25) is 177 Å². The lowest BCUT2D eigenvalue weighted by Crippen LogP contribution is -2.84. The third-order valence-corrected chi connectivity index (χ3v) is 37.4. The minimum atomic E-state index is -3.23. The Hall–Kier alpha value is 0.119. The first kappa shape index (κ1) is 50.5. The summed E-state index contributed by atoms with van der Waals surface area (Å²) < 4.78 is 0. The number of hydrogen-bond acceptors (Lipinski definition) is 0. The quantitative estimate of drug-likeness (QED) is 0.0990. The van der Waals surface area contributed by atoms with E-state index in [1.54, 1.807) is 62.2 Å². The van der Waals surface area contributed by atoms with Crippen molar-refractivity contribution in [2.75, 3.05) is 0 Å². The summed E-state index contributed by atoms with van der Waals surface area (Å²) in [4.78, 5) is 0. The van der Waals surface area contributed by atoms with Crippen molar-refractivity contribution in [1.82, 2.24) is 0 Å². The molecule has 0 heterocycles. The van der Waals surface area contributed by atoms with Crippen molar-refractivity contribution >= 4 is 153 Å². The number of benzene rings is 3. The minimum Gasteiger partial charge on any atom is -0.149 e. The number of rotatable bonds is 12. The molecule has 0 saturated heterocycles. The van der Waals surface area contributed by atoms with Gasteiger partial charge >= 0.3 is 0 Å². The average molecular weight is 945 g/mol. The highest BCUT2D eigenvalue weighted by Crippen LogP contribution is 2.21. The van der Waals surface area contributed by atoms with Crippen molar-refractivity contribution in [3.8, 4) is 0 Å². The average Bonchev–Trinajstić information content (AvgIpc) is 2.94. The summed E-state index contributed by atoms with van der Waals surface area (Å²) in [7, 11) is -19.7. The fraction of sp³-hybridized carbons (Fsp3) is 0.600. The van der Waals surface area contributed by atoms with Gasteiger partial charge in [0.15, 0.2) is 0 Å². The molecule has 11 heteroatoms. The zero-order valence-electron chi connectivity index (χ0n) is 41.8. The van der Waals surface area contributed by atoms with Gasteiger partial charge in [-0.1, -0.05) is 260 Å². The fourth-order valence-electron chi connectivity index (χ4n) is 9.65. The summed E-state index contributed by atoms with van der Waals surface area (Å²) in [5, 5.41) is 20.4. The van der Waals surface area contributed by atoms with Gasteiger partial charge in [0.1, 0.15) is 0 Å². The number of hydrogen-bond donors (Lipinski definition) is 0. The van der Waals surface area contributed by atoms with E-state index in [1.807, 2.05) is 0 Å². The summed E-state index contributed by atoms with van der Waals surface area (Å²) in [6.07, 6.45) is 0. The van der Waals surface area contributed by atoms with Crippen LogP contribution < -0.4 is 62.2 Å². The molecular formula is C45H87ClSi10. The Morgan fingerprint density at radius 3 is 0.464 bits per heavy atom. The summed E-state index contributed by atoms with van der Waals surface area (Å²) in [5.41, 5.74) is 0. The Morgan fingerprint density at radius 1 is 0.214 bits per heavy atom. The zero-order valence-corrected chi connectivity index (χ0v) is 52.6. The maximum Gasteiger partial charge on any atom is 0.247 e. The van der Waals surface area contributed by atoms with Crippen molar-refractivity contribution in [3.63, 3.8) is 0 Å². The van der Waals surface area contributed by atoms with Gasteiger partial charge in [0.05, 0.1) is 72.7 Å². The molecular weight excluding hydrogens is 857 g/mol. The topological polar surface area (TPSA) is 0 Å². The van der Waals surface area contributed by atoms with Crippen LogP contribution in [0.3, 0.4) is 0 Å². The predicted octanol–water partition coefficient (Wildman–Crippen LogP) is 7.80. The summed E-state index contributed by atoms with van der Waals surface area (Å²) >= 11 is 9.50. The lowest BCUT2D eigenvalue weighted by Gasteiger charge is -2.45. The van der Waals surface area contributed by atoms with Gasteiger partial charge in [-0.2, -0.15) is 0 Å². The molecule has 56 heavy (non-hydrogen) atoms. The third kappa shape index (κ3) is 10.1. The van der Waals surface area contributed by atoms with E-state index in [2.05, 4.69) is 213 Å². The molecule has 0 aliphatic heterocycles. The molecule has 0 aliphatic rings. The molecule has 3 aromatic rings. The molecule has 0 saturated carbocycles. The van der Waals surface area contributed by atoms with Crippen LogP contribution in [0.15, 0.2) is 36.4 Å². The maximum atomic E-state index is 9.50. The van der Waals surface area contributed by atoms with E-state index in [0.717, 1.165) is 0 Å². The molecule has 0 aromatic heterocycles. The van der Waals surface area contributed by atoms with Gasteiger partial charge in [-0.15, -0.1) is 11.1 Å². The second-order valence-corrected chi connectivity index (χ2v) is 76.4. The highest BCUT2D eigenvalue weighted by molar-refractivity contribution is 7.43. The van der Waals surface area contributed by atoms with Gasteiger partial charge in [-0.25, -0.2) is 0 Å². The van der Waals surface area contributed by atoms with Crippen molar-refractivity contribution in [2.24, 2.45) is 0 Å². The largest absolute Gasteiger partial charge is 0.247 e. The van der Waals surface area contributed by atoms with Gasteiger partial charge in [0.25, 0.3) is 0 Å². The highest BCUT2D eigenvalue weighted by atomic mass is 35.6. The monoisotopic (exact) mass is 942 g/mol. The lowest BCUT2D eigenvalue weighted by atomic mass is 10.3. The molecule has 0 atom stereocenters. The van der Waals surface area contributed by atoms with E-state index < -0.39 is 80.0 Å². The first-order valence-corrected chi connectivity index (χ1v) is 56.2. The molecule has 0 amide bonds. The van der Waals surface area contributed by atoms with Gasteiger partial charge in [0, 0.05) is 0 Å². The van der Waals surface area contributed by atoms with E-state index in [1.165, 1.54) is 0 Å². The van der Waals surface area contributed by atoms with Crippen LogP contribution in [0, 0.1) is 0 Å². The fourth-order valence-corrected chi connectivity index (χ4v) is 49.3. The summed E-state index contributed by atoms with van der Waals surface area (Å²) in [6.45, 7) is 70.8. The SMILES string of the molecule is C[Si](C)(C)c1ccc([Si](Cl)(c2ccc([Si](C)(C)C)c([Si](C)(C)C)c2[Si](C)(C)C)c2ccc([Si](C)(C)C)c([Si](C)(C)C)c2[Si](C)(C)C)c([Si](C)(C)C)c1[Si](C)(C)C. The molecule has 3 aromatic carbocycles. The molecule has 0 aliphatic carbocycles. The molecule has 314 valence electrons.